The summed E-state index contributed by atoms with van der Waals surface area (Å²) in [6, 6.07) is 19.2. The molecule has 7 rings (SSSR count). The van der Waals surface area contributed by atoms with Crippen LogP contribution in [-0.2, 0) is 14.2 Å². The molecule has 0 N–H and O–H groups in total. The number of benzene rings is 4. The Balaban J connectivity index is 1.54. The second kappa shape index (κ2) is 7.90. The van der Waals surface area contributed by atoms with Crippen molar-refractivity contribution < 1.29 is 43.0 Å². The predicted molar refractivity (Wildman–Crippen MR) is 132 cm³/mol. The third kappa shape index (κ3) is 3.20. The van der Waals surface area contributed by atoms with Crippen LogP contribution in [-0.4, -0.2) is 35.8 Å². The van der Waals surface area contributed by atoms with Crippen LogP contribution in [0.2, 0.25) is 0 Å². The molecule has 3 heterocycles. The lowest BCUT2D eigenvalue weighted by atomic mass is 9.87. The molecule has 39 heavy (non-hydrogen) atoms. The lowest BCUT2D eigenvalue weighted by Gasteiger charge is -2.14. The van der Waals surface area contributed by atoms with E-state index in [1.807, 2.05) is 0 Å². The molecule has 9 heteroatoms. The molecule has 0 radical (unpaired) electrons. The molecule has 4 aromatic rings. The fourth-order valence-electron chi connectivity index (χ4n) is 5.21. The van der Waals surface area contributed by atoms with Gasteiger partial charge in [-0.3, -0.25) is 0 Å². The molecule has 0 aromatic heterocycles. The van der Waals surface area contributed by atoms with Gasteiger partial charge in [-0.1, -0.05) is 36.4 Å². The van der Waals surface area contributed by atoms with Crippen molar-refractivity contribution in [3.8, 4) is 33.4 Å². The summed E-state index contributed by atoms with van der Waals surface area (Å²) < 4.78 is 14.5. The standard InChI is InChI=1S/C30H12O9/c31-25-19-7-1-4-16(22(19)28(34)37-25)13-10-14(17-5-2-8-20-23(17)29(35)38-26(20)32)12-15(11-13)18-6-3-9-21-24(18)30(36)39-27(21)33/h1-12H. The molecule has 186 valence electrons. The normalized spacial score (nSPS) is 15.1. The quantitative estimate of drug-likeness (QED) is 0.217. The lowest BCUT2D eigenvalue weighted by Crippen LogP contribution is -2.01. The van der Waals surface area contributed by atoms with Gasteiger partial charge in [-0.2, -0.15) is 0 Å². The summed E-state index contributed by atoms with van der Waals surface area (Å²) in [4.78, 5) is 74.5. The molecule has 0 unspecified atom stereocenters. The lowest BCUT2D eigenvalue weighted by molar-refractivity contribution is 0.0426. The van der Waals surface area contributed by atoms with Crippen LogP contribution in [0.3, 0.4) is 0 Å². The minimum absolute atomic E-state index is 0.0753. The monoisotopic (exact) mass is 516 g/mol. The smallest absolute Gasteiger partial charge is 0.347 e. The Bertz CT molecular complexity index is 1670. The van der Waals surface area contributed by atoms with Crippen LogP contribution in [0, 0.1) is 0 Å². The molecule has 0 saturated carbocycles. The van der Waals surface area contributed by atoms with Crippen LogP contribution in [0.15, 0.2) is 72.8 Å². The van der Waals surface area contributed by atoms with Gasteiger partial charge >= 0.3 is 35.8 Å². The van der Waals surface area contributed by atoms with Crippen molar-refractivity contribution in [2.24, 2.45) is 0 Å². The predicted octanol–water partition coefficient (Wildman–Crippen LogP) is 4.62. The van der Waals surface area contributed by atoms with Gasteiger partial charge in [0.1, 0.15) is 0 Å². The van der Waals surface area contributed by atoms with Crippen LogP contribution in [0.1, 0.15) is 62.1 Å². The molecule has 0 bridgehead atoms. The van der Waals surface area contributed by atoms with Gasteiger partial charge in [0.15, 0.2) is 0 Å². The van der Waals surface area contributed by atoms with E-state index >= 15 is 0 Å². The van der Waals surface area contributed by atoms with Crippen LogP contribution < -0.4 is 0 Å². The van der Waals surface area contributed by atoms with Crippen molar-refractivity contribution in [2.45, 2.75) is 0 Å². The van der Waals surface area contributed by atoms with E-state index in [9.17, 15) is 28.8 Å². The molecule has 0 saturated heterocycles. The number of ether oxygens (including phenoxy) is 3. The average molecular weight is 516 g/mol. The van der Waals surface area contributed by atoms with E-state index in [1.54, 1.807) is 54.6 Å². The Morgan fingerprint density at radius 2 is 0.590 bits per heavy atom. The second-order valence-electron chi connectivity index (χ2n) is 9.01. The average Bonchev–Trinajstić information content (AvgIpc) is 3.52. The largest absolute Gasteiger partial charge is 0.386 e. The number of fused-ring (bicyclic) bond motifs is 3. The van der Waals surface area contributed by atoms with Gasteiger partial charge in [0.2, 0.25) is 0 Å². The van der Waals surface area contributed by atoms with E-state index < -0.39 is 35.8 Å². The fourth-order valence-corrected chi connectivity index (χ4v) is 5.21. The van der Waals surface area contributed by atoms with Crippen LogP contribution in [0.4, 0.5) is 0 Å². The minimum atomic E-state index is -0.804. The number of rotatable bonds is 3. The van der Waals surface area contributed by atoms with E-state index in [-0.39, 0.29) is 33.4 Å². The second-order valence-corrected chi connectivity index (χ2v) is 9.01. The van der Waals surface area contributed by atoms with E-state index in [0.717, 1.165) is 0 Å². The number of esters is 6. The Hall–Kier alpha value is -5.70. The first-order valence-electron chi connectivity index (χ1n) is 11.7. The first kappa shape index (κ1) is 22.5. The maximum atomic E-state index is 12.6. The van der Waals surface area contributed by atoms with Crippen molar-refractivity contribution in [3.05, 3.63) is 106 Å². The van der Waals surface area contributed by atoms with Gasteiger partial charge in [0.05, 0.1) is 33.4 Å². The molecule has 3 aliphatic rings. The van der Waals surface area contributed by atoms with Crippen molar-refractivity contribution in [1.29, 1.82) is 0 Å². The van der Waals surface area contributed by atoms with Gasteiger partial charge in [0, 0.05) is 0 Å². The van der Waals surface area contributed by atoms with Crippen molar-refractivity contribution in [1.82, 2.24) is 0 Å². The number of carbonyl (C=O) groups is 6. The molecule has 0 amide bonds. The topological polar surface area (TPSA) is 130 Å². The fraction of sp³-hybridized carbons (Fsp3) is 0. The molecule has 9 nitrogen and oxygen atoms in total. The highest BCUT2D eigenvalue weighted by molar-refractivity contribution is 6.20. The van der Waals surface area contributed by atoms with E-state index in [2.05, 4.69) is 0 Å². The maximum Gasteiger partial charge on any atom is 0.347 e. The third-order valence-electron chi connectivity index (χ3n) is 6.89. The van der Waals surface area contributed by atoms with E-state index in [4.69, 9.17) is 14.2 Å². The molecule has 0 spiro atoms. The Kier molecular flexibility index (Phi) is 4.55. The molecular formula is C30H12O9. The molecule has 0 aliphatic carbocycles. The van der Waals surface area contributed by atoms with Gasteiger partial charge in [-0.15, -0.1) is 0 Å². The first-order valence-corrected chi connectivity index (χ1v) is 11.7. The van der Waals surface area contributed by atoms with Crippen molar-refractivity contribution in [3.63, 3.8) is 0 Å². The first-order chi connectivity index (χ1) is 18.8. The minimum Gasteiger partial charge on any atom is -0.386 e. The summed E-state index contributed by atoms with van der Waals surface area (Å²) in [6.45, 7) is 0. The number of cyclic esters (lactones) is 6. The zero-order valence-electron chi connectivity index (χ0n) is 19.6. The number of hydrogen-bond acceptors (Lipinski definition) is 9. The molecule has 4 aromatic carbocycles. The van der Waals surface area contributed by atoms with Crippen LogP contribution >= 0.6 is 0 Å². The summed E-state index contributed by atoms with van der Waals surface area (Å²) in [6.07, 6.45) is 0. The highest BCUT2D eigenvalue weighted by Gasteiger charge is 2.36. The zero-order chi connectivity index (χ0) is 27.0. The van der Waals surface area contributed by atoms with E-state index in [1.165, 1.54) is 18.2 Å². The summed E-state index contributed by atoms with van der Waals surface area (Å²) in [7, 11) is 0. The summed E-state index contributed by atoms with van der Waals surface area (Å²) in [5, 5.41) is 0. The van der Waals surface area contributed by atoms with Gasteiger partial charge in [-0.25, -0.2) is 28.8 Å². The van der Waals surface area contributed by atoms with Gasteiger partial charge in [-0.05, 0) is 69.8 Å². The van der Waals surface area contributed by atoms with Crippen molar-refractivity contribution in [2.75, 3.05) is 0 Å². The summed E-state index contributed by atoms with van der Waals surface area (Å²) >= 11 is 0. The number of hydrogen-bond donors (Lipinski definition) is 0. The molecule has 0 fully saturated rings. The number of carbonyl (C=O) groups excluding carboxylic acids is 6. The Labute approximate surface area is 218 Å². The summed E-state index contributed by atoms with van der Waals surface area (Å²) in [5.41, 5.74) is 3.04. The summed E-state index contributed by atoms with van der Waals surface area (Å²) in [5.74, 6) is -4.71. The zero-order valence-corrected chi connectivity index (χ0v) is 19.6. The Morgan fingerprint density at radius 3 is 0.872 bits per heavy atom. The van der Waals surface area contributed by atoms with Gasteiger partial charge in [0.25, 0.3) is 0 Å². The van der Waals surface area contributed by atoms with E-state index in [0.29, 0.717) is 33.4 Å². The van der Waals surface area contributed by atoms with Gasteiger partial charge < -0.3 is 14.2 Å². The third-order valence-corrected chi connectivity index (χ3v) is 6.89. The molecule has 0 atom stereocenters. The molecular weight excluding hydrogens is 504 g/mol. The highest BCUT2D eigenvalue weighted by Crippen LogP contribution is 2.41. The maximum absolute atomic E-state index is 12.6. The highest BCUT2D eigenvalue weighted by atomic mass is 16.6. The van der Waals surface area contributed by atoms with Crippen LogP contribution in [0.25, 0.3) is 33.4 Å². The van der Waals surface area contributed by atoms with Crippen molar-refractivity contribution >= 4 is 35.8 Å². The Morgan fingerprint density at radius 1 is 0.333 bits per heavy atom. The SMILES string of the molecule is O=C1OC(=O)c2c1cccc2-c1cc(-c2cccc3c2C(=O)OC3=O)cc(-c2cccc3c2C(=O)OC3=O)c1. The molecule has 3 aliphatic heterocycles. The van der Waals surface area contributed by atoms with Crippen LogP contribution in [0.5, 0.6) is 0 Å².